The lowest BCUT2D eigenvalue weighted by Crippen LogP contribution is -2.11. The molecule has 0 radical (unpaired) electrons. The lowest BCUT2D eigenvalue weighted by atomic mass is 10.3. The molecule has 2 rings (SSSR count). The monoisotopic (exact) mass is 235 g/mol. The van der Waals surface area contributed by atoms with Crippen LogP contribution in [0.4, 0.5) is 6.01 Å². The number of hydrogen-bond acceptors (Lipinski definition) is 5. The van der Waals surface area contributed by atoms with Crippen LogP contribution < -0.4 is 5.32 Å². The summed E-state index contributed by atoms with van der Waals surface area (Å²) in [6.45, 7) is 7.68. The summed E-state index contributed by atoms with van der Waals surface area (Å²) in [6.07, 6.45) is 1.78. The van der Waals surface area contributed by atoms with E-state index in [2.05, 4.69) is 22.1 Å². The molecule has 0 spiro atoms. The molecule has 1 unspecified atom stereocenters. The lowest BCUT2D eigenvalue weighted by molar-refractivity contribution is 0.579. The molecule has 1 N–H and O–H groups in total. The van der Waals surface area contributed by atoms with Crippen molar-refractivity contribution < 1.29 is 4.42 Å². The molecule has 0 saturated carbocycles. The van der Waals surface area contributed by atoms with Gasteiger partial charge in [0.2, 0.25) is 0 Å². The van der Waals surface area contributed by atoms with Gasteiger partial charge in [-0.05, 0) is 26.0 Å². The summed E-state index contributed by atoms with van der Waals surface area (Å²) in [4.78, 5) is 2.21. The first-order valence-corrected chi connectivity index (χ1v) is 5.80. The van der Waals surface area contributed by atoms with Crippen LogP contribution in [-0.4, -0.2) is 16.2 Å². The molecule has 0 fully saturated rings. The van der Waals surface area contributed by atoms with Crippen molar-refractivity contribution in [3.63, 3.8) is 0 Å². The van der Waals surface area contributed by atoms with E-state index in [-0.39, 0.29) is 6.04 Å². The van der Waals surface area contributed by atoms with E-state index in [4.69, 9.17) is 4.42 Å². The Kier molecular flexibility index (Phi) is 3.05. The van der Waals surface area contributed by atoms with Gasteiger partial charge in [-0.25, -0.2) is 0 Å². The van der Waals surface area contributed by atoms with E-state index in [0.717, 1.165) is 4.88 Å². The molecule has 5 heteroatoms. The summed E-state index contributed by atoms with van der Waals surface area (Å²) in [5.41, 5.74) is 0. The van der Waals surface area contributed by atoms with E-state index in [1.807, 2.05) is 26.0 Å². The van der Waals surface area contributed by atoms with Crippen molar-refractivity contribution in [1.29, 1.82) is 0 Å². The van der Waals surface area contributed by atoms with Gasteiger partial charge in [0.05, 0.1) is 4.88 Å². The fourth-order valence-corrected chi connectivity index (χ4v) is 1.97. The summed E-state index contributed by atoms with van der Waals surface area (Å²) >= 11 is 1.63. The highest BCUT2D eigenvalue weighted by Crippen LogP contribution is 2.27. The summed E-state index contributed by atoms with van der Waals surface area (Å²) in [6, 6.07) is 4.55. The average molecular weight is 235 g/mol. The summed E-state index contributed by atoms with van der Waals surface area (Å²) in [5, 5.41) is 10.9. The van der Waals surface area contributed by atoms with Crippen molar-refractivity contribution in [3.05, 3.63) is 29.7 Å². The van der Waals surface area contributed by atoms with Crippen LogP contribution in [-0.2, 0) is 0 Å². The summed E-state index contributed by atoms with van der Waals surface area (Å²) in [7, 11) is 0. The Morgan fingerprint density at radius 2 is 2.31 bits per heavy atom. The number of thiophene rings is 1. The van der Waals surface area contributed by atoms with Gasteiger partial charge in [-0.1, -0.05) is 11.2 Å². The first kappa shape index (κ1) is 10.9. The molecule has 1 atom stereocenters. The Bertz CT molecular complexity index is 489. The van der Waals surface area contributed by atoms with Crippen LogP contribution in [0.15, 0.2) is 29.2 Å². The number of aryl methyl sites for hydroxylation is 1. The van der Waals surface area contributed by atoms with Gasteiger partial charge in [0.25, 0.3) is 5.89 Å². The van der Waals surface area contributed by atoms with Crippen LogP contribution in [0.1, 0.15) is 11.8 Å². The minimum absolute atomic E-state index is 0.110. The van der Waals surface area contributed by atoms with Crippen molar-refractivity contribution in [3.8, 4) is 10.8 Å². The molecule has 2 aromatic heterocycles. The standard InChI is InChI=1S/C11H13N3OS/c1-4-7(2)12-11-14-13-10(15-11)9-6-5-8(3)16-9/h4-7H,1H2,2-3H3,(H,12,14). The zero-order valence-electron chi connectivity index (χ0n) is 9.23. The third kappa shape index (κ3) is 2.30. The largest absolute Gasteiger partial charge is 0.403 e. The second kappa shape index (κ2) is 4.49. The van der Waals surface area contributed by atoms with Crippen LogP contribution in [0.3, 0.4) is 0 Å². The van der Waals surface area contributed by atoms with E-state index in [1.165, 1.54) is 4.88 Å². The van der Waals surface area contributed by atoms with Crippen molar-refractivity contribution >= 4 is 17.4 Å². The van der Waals surface area contributed by atoms with Gasteiger partial charge >= 0.3 is 6.01 Å². The highest BCUT2D eigenvalue weighted by Gasteiger charge is 2.10. The molecule has 0 aromatic carbocycles. The molecule has 16 heavy (non-hydrogen) atoms. The zero-order chi connectivity index (χ0) is 11.5. The van der Waals surface area contributed by atoms with Crippen LogP contribution in [0.2, 0.25) is 0 Å². The number of nitrogens with one attached hydrogen (secondary N) is 1. The minimum atomic E-state index is 0.110. The summed E-state index contributed by atoms with van der Waals surface area (Å²) < 4.78 is 5.48. The lowest BCUT2D eigenvalue weighted by Gasteiger charge is -2.03. The fourth-order valence-electron chi connectivity index (χ4n) is 1.18. The molecule has 2 aromatic rings. The fraction of sp³-hybridized carbons (Fsp3) is 0.273. The van der Waals surface area contributed by atoms with Gasteiger partial charge in [0.15, 0.2) is 0 Å². The molecule has 0 aliphatic heterocycles. The molecule has 4 nitrogen and oxygen atoms in total. The smallest absolute Gasteiger partial charge is 0.316 e. The zero-order valence-corrected chi connectivity index (χ0v) is 10.0. The Morgan fingerprint density at radius 1 is 1.50 bits per heavy atom. The van der Waals surface area contributed by atoms with Gasteiger partial charge in [0, 0.05) is 10.9 Å². The average Bonchev–Trinajstić information content (AvgIpc) is 2.87. The van der Waals surface area contributed by atoms with Crippen molar-refractivity contribution in [2.75, 3.05) is 5.32 Å². The van der Waals surface area contributed by atoms with E-state index in [1.54, 1.807) is 17.4 Å². The summed E-state index contributed by atoms with van der Waals surface area (Å²) in [5.74, 6) is 0.553. The number of aromatic nitrogens is 2. The minimum Gasteiger partial charge on any atom is -0.403 e. The Morgan fingerprint density at radius 3 is 2.94 bits per heavy atom. The molecule has 84 valence electrons. The second-order valence-electron chi connectivity index (χ2n) is 3.49. The highest BCUT2D eigenvalue weighted by molar-refractivity contribution is 7.15. The third-order valence-electron chi connectivity index (χ3n) is 2.08. The van der Waals surface area contributed by atoms with E-state index in [0.29, 0.717) is 11.9 Å². The van der Waals surface area contributed by atoms with Crippen LogP contribution in [0.5, 0.6) is 0 Å². The van der Waals surface area contributed by atoms with Gasteiger partial charge in [-0.2, -0.15) is 0 Å². The van der Waals surface area contributed by atoms with Crippen molar-refractivity contribution in [1.82, 2.24) is 10.2 Å². The van der Waals surface area contributed by atoms with Crippen molar-refractivity contribution in [2.45, 2.75) is 19.9 Å². The Balaban J connectivity index is 2.16. The normalized spacial score (nSPS) is 12.4. The molecular formula is C11H13N3OS. The highest BCUT2D eigenvalue weighted by atomic mass is 32.1. The predicted molar refractivity (Wildman–Crippen MR) is 65.6 cm³/mol. The molecule has 2 heterocycles. The Hall–Kier alpha value is -1.62. The molecule has 0 bridgehead atoms. The van der Waals surface area contributed by atoms with Crippen LogP contribution >= 0.6 is 11.3 Å². The maximum absolute atomic E-state index is 5.48. The molecule has 0 amide bonds. The maximum Gasteiger partial charge on any atom is 0.316 e. The number of rotatable bonds is 4. The predicted octanol–water partition coefficient (Wildman–Crippen LogP) is 3.09. The van der Waals surface area contributed by atoms with E-state index in [9.17, 15) is 0 Å². The second-order valence-corrected chi connectivity index (χ2v) is 4.78. The van der Waals surface area contributed by atoms with Crippen molar-refractivity contribution in [2.24, 2.45) is 0 Å². The van der Waals surface area contributed by atoms with Gasteiger partial charge in [-0.15, -0.1) is 23.0 Å². The third-order valence-corrected chi connectivity index (χ3v) is 3.07. The number of anilines is 1. The van der Waals surface area contributed by atoms with Gasteiger partial charge < -0.3 is 9.73 Å². The van der Waals surface area contributed by atoms with Gasteiger partial charge in [0.1, 0.15) is 0 Å². The molecule has 0 aliphatic rings. The molecule has 0 aliphatic carbocycles. The first-order chi connectivity index (χ1) is 7.69. The van der Waals surface area contributed by atoms with Crippen LogP contribution in [0.25, 0.3) is 10.8 Å². The maximum atomic E-state index is 5.48. The SMILES string of the molecule is C=CC(C)Nc1nnc(-c2ccc(C)s2)o1. The first-order valence-electron chi connectivity index (χ1n) is 4.98. The molecular weight excluding hydrogens is 222 g/mol. The number of hydrogen-bond donors (Lipinski definition) is 1. The van der Waals surface area contributed by atoms with E-state index < -0.39 is 0 Å². The quantitative estimate of drug-likeness (QED) is 0.827. The molecule has 0 saturated heterocycles. The Labute approximate surface area is 98.0 Å². The van der Waals surface area contributed by atoms with Gasteiger partial charge in [-0.3, -0.25) is 0 Å². The topological polar surface area (TPSA) is 51.0 Å². The number of nitrogens with zero attached hydrogens (tertiary/aromatic N) is 2. The van der Waals surface area contributed by atoms with E-state index >= 15 is 0 Å². The van der Waals surface area contributed by atoms with Crippen LogP contribution in [0, 0.1) is 6.92 Å².